The number of rotatable bonds is 6. The van der Waals surface area contributed by atoms with Crippen LogP contribution in [0.5, 0.6) is 5.75 Å². The normalized spacial score (nSPS) is 16.3. The van der Waals surface area contributed by atoms with E-state index in [4.69, 9.17) is 16.3 Å². The average molecular weight is 270 g/mol. The van der Waals surface area contributed by atoms with Gasteiger partial charge >= 0.3 is 5.97 Å². The molecule has 5 heteroatoms. The fourth-order valence-electron chi connectivity index (χ4n) is 1.89. The van der Waals surface area contributed by atoms with E-state index in [1.807, 2.05) is 0 Å². The van der Waals surface area contributed by atoms with Gasteiger partial charge in [-0.25, -0.2) is 0 Å². The highest BCUT2D eigenvalue weighted by Gasteiger charge is 2.29. The van der Waals surface area contributed by atoms with E-state index in [9.17, 15) is 9.90 Å². The largest absolute Gasteiger partial charge is 0.496 e. The number of carboxylic acids is 1. The van der Waals surface area contributed by atoms with Crippen LogP contribution in [0.3, 0.4) is 0 Å². The van der Waals surface area contributed by atoms with Crippen molar-refractivity contribution in [2.24, 2.45) is 5.92 Å². The van der Waals surface area contributed by atoms with Crippen LogP contribution in [0.15, 0.2) is 18.2 Å². The van der Waals surface area contributed by atoms with Gasteiger partial charge in [0.1, 0.15) is 11.8 Å². The topological polar surface area (TPSA) is 58.6 Å². The second-order valence-corrected chi connectivity index (χ2v) is 4.89. The van der Waals surface area contributed by atoms with Crippen molar-refractivity contribution < 1.29 is 14.6 Å². The van der Waals surface area contributed by atoms with E-state index in [-0.39, 0.29) is 0 Å². The van der Waals surface area contributed by atoms with Crippen LogP contribution in [-0.2, 0) is 4.79 Å². The summed E-state index contributed by atoms with van der Waals surface area (Å²) in [6.07, 6.45) is 2.33. The molecule has 0 aliphatic heterocycles. The first kappa shape index (κ1) is 13.2. The number of nitrogens with one attached hydrogen (secondary N) is 1. The average Bonchev–Trinajstić information content (AvgIpc) is 3.14. The fourth-order valence-corrected chi connectivity index (χ4v) is 2.17. The summed E-state index contributed by atoms with van der Waals surface area (Å²) in [6, 6.07) is 4.31. The highest BCUT2D eigenvalue weighted by molar-refractivity contribution is 6.31. The third-order valence-corrected chi connectivity index (χ3v) is 3.41. The predicted molar refractivity (Wildman–Crippen MR) is 69.1 cm³/mol. The third-order valence-electron chi connectivity index (χ3n) is 3.08. The second-order valence-electron chi connectivity index (χ2n) is 4.48. The van der Waals surface area contributed by atoms with Gasteiger partial charge in [0.2, 0.25) is 0 Å². The molecule has 4 nitrogen and oxygen atoms in total. The lowest BCUT2D eigenvalue weighted by atomic mass is 10.1. The van der Waals surface area contributed by atoms with Gasteiger partial charge in [-0.2, -0.15) is 0 Å². The van der Waals surface area contributed by atoms with Crippen LogP contribution in [0.2, 0.25) is 5.02 Å². The van der Waals surface area contributed by atoms with Crippen LogP contribution < -0.4 is 10.1 Å². The maximum atomic E-state index is 11.4. The molecule has 1 saturated carbocycles. The van der Waals surface area contributed by atoms with E-state index in [1.165, 1.54) is 20.0 Å². The molecule has 1 fully saturated rings. The summed E-state index contributed by atoms with van der Waals surface area (Å²) < 4.78 is 5.19. The van der Waals surface area contributed by atoms with E-state index in [0.717, 1.165) is 0 Å². The lowest BCUT2D eigenvalue weighted by Gasteiger charge is -2.18. The number of carbonyl (C=O) groups is 1. The molecule has 2 N–H and O–H groups in total. The van der Waals surface area contributed by atoms with Gasteiger partial charge in [0, 0.05) is 10.6 Å². The Kier molecular flexibility index (Phi) is 4.09. The Hall–Kier alpha value is -1.26. The lowest BCUT2D eigenvalue weighted by molar-refractivity contribution is -0.139. The van der Waals surface area contributed by atoms with Crippen LogP contribution in [0, 0.1) is 5.92 Å². The van der Waals surface area contributed by atoms with E-state index >= 15 is 0 Å². The molecule has 1 aliphatic rings. The zero-order chi connectivity index (χ0) is 13.1. The summed E-state index contributed by atoms with van der Waals surface area (Å²) in [5.74, 6) is 0.153. The Morgan fingerprint density at radius 3 is 2.89 bits per heavy atom. The molecular weight excluding hydrogens is 254 g/mol. The zero-order valence-corrected chi connectivity index (χ0v) is 10.9. The summed E-state index contributed by atoms with van der Waals surface area (Å²) in [6.45, 7) is 0.700. The number of hydrogen-bond acceptors (Lipinski definition) is 3. The first-order valence-corrected chi connectivity index (χ1v) is 6.30. The number of benzene rings is 1. The smallest absolute Gasteiger partial charge is 0.325 e. The third kappa shape index (κ3) is 2.94. The van der Waals surface area contributed by atoms with Gasteiger partial charge < -0.3 is 15.2 Å². The molecular formula is C13H16ClNO3. The second kappa shape index (κ2) is 5.59. The van der Waals surface area contributed by atoms with Crippen LogP contribution in [0.25, 0.3) is 0 Å². The maximum Gasteiger partial charge on any atom is 0.325 e. The molecule has 18 heavy (non-hydrogen) atoms. The number of methoxy groups -OCH3 is 1. The minimum absolute atomic E-state index is 0.407. The van der Waals surface area contributed by atoms with Gasteiger partial charge in [0.25, 0.3) is 0 Å². The van der Waals surface area contributed by atoms with Gasteiger partial charge in [-0.1, -0.05) is 17.7 Å². The van der Waals surface area contributed by atoms with Gasteiger partial charge in [-0.3, -0.25) is 4.79 Å². The highest BCUT2D eigenvalue weighted by Crippen LogP contribution is 2.34. The van der Waals surface area contributed by atoms with Crippen LogP contribution in [0.1, 0.15) is 24.4 Å². The molecule has 0 bridgehead atoms. The molecule has 1 aromatic carbocycles. The Bertz CT molecular complexity index is 446. The van der Waals surface area contributed by atoms with E-state index < -0.39 is 12.0 Å². The van der Waals surface area contributed by atoms with Crippen molar-refractivity contribution in [3.63, 3.8) is 0 Å². The van der Waals surface area contributed by atoms with Crippen molar-refractivity contribution in [2.45, 2.75) is 18.9 Å². The lowest BCUT2D eigenvalue weighted by Crippen LogP contribution is -2.30. The van der Waals surface area contributed by atoms with Crippen molar-refractivity contribution in [3.8, 4) is 5.75 Å². The van der Waals surface area contributed by atoms with E-state index in [0.29, 0.717) is 28.8 Å². The van der Waals surface area contributed by atoms with Gasteiger partial charge in [-0.05, 0) is 37.4 Å². The minimum Gasteiger partial charge on any atom is -0.496 e. The van der Waals surface area contributed by atoms with E-state index in [1.54, 1.807) is 18.2 Å². The van der Waals surface area contributed by atoms with Gasteiger partial charge in [0.15, 0.2) is 0 Å². The Balaban J connectivity index is 2.25. The molecule has 2 rings (SSSR count). The molecule has 0 aromatic heterocycles. The molecule has 0 radical (unpaired) electrons. The van der Waals surface area contributed by atoms with Crippen LogP contribution in [-0.4, -0.2) is 24.7 Å². The first-order chi connectivity index (χ1) is 8.63. The Labute approximate surface area is 111 Å². The fraction of sp³-hybridized carbons (Fsp3) is 0.462. The standard InChI is InChI=1S/C13H16ClNO3/c1-18-10-4-2-3-9(14)11(10)12(13(16)17)15-7-8-5-6-8/h2-4,8,12,15H,5-7H2,1H3,(H,16,17). The maximum absolute atomic E-state index is 11.4. The molecule has 0 spiro atoms. The molecule has 1 atom stereocenters. The van der Waals surface area contributed by atoms with Gasteiger partial charge in [0.05, 0.1) is 7.11 Å². The Morgan fingerprint density at radius 2 is 2.33 bits per heavy atom. The SMILES string of the molecule is COc1cccc(Cl)c1C(NCC1CC1)C(=O)O. The number of ether oxygens (including phenoxy) is 1. The number of halogens is 1. The summed E-state index contributed by atoms with van der Waals surface area (Å²) >= 11 is 6.09. The molecule has 1 aliphatic carbocycles. The first-order valence-electron chi connectivity index (χ1n) is 5.92. The summed E-state index contributed by atoms with van der Waals surface area (Å²) in [7, 11) is 1.51. The van der Waals surface area contributed by atoms with E-state index in [2.05, 4.69) is 5.32 Å². The molecule has 1 unspecified atom stereocenters. The highest BCUT2D eigenvalue weighted by atomic mass is 35.5. The number of hydrogen-bond donors (Lipinski definition) is 2. The quantitative estimate of drug-likeness (QED) is 0.833. The predicted octanol–water partition coefficient (Wildman–Crippen LogP) is 2.47. The summed E-state index contributed by atoms with van der Waals surface area (Å²) in [5, 5.41) is 12.8. The minimum atomic E-state index is -0.943. The number of aliphatic carboxylic acids is 1. The van der Waals surface area contributed by atoms with Crippen molar-refractivity contribution in [2.75, 3.05) is 13.7 Å². The van der Waals surface area contributed by atoms with Crippen molar-refractivity contribution >= 4 is 17.6 Å². The molecule has 98 valence electrons. The monoisotopic (exact) mass is 269 g/mol. The van der Waals surface area contributed by atoms with Crippen molar-refractivity contribution in [3.05, 3.63) is 28.8 Å². The molecule has 1 aromatic rings. The van der Waals surface area contributed by atoms with Gasteiger partial charge in [-0.15, -0.1) is 0 Å². The zero-order valence-electron chi connectivity index (χ0n) is 10.1. The molecule has 0 heterocycles. The molecule has 0 amide bonds. The molecule has 0 saturated heterocycles. The summed E-state index contributed by atoms with van der Waals surface area (Å²) in [5.41, 5.74) is 0.495. The van der Waals surface area contributed by atoms with Crippen LogP contribution in [0.4, 0.5) is 0 Å². The Morgan fingerprint density at radius 1 is 1.61 bits per heavy atom. The summed E-state index contributed by atoms with van der Waals surface area (Å²) in [4.78, 5) is 11.4. The van der Waals surface area contributed by atoms with Crippen molar-refractivity contribution in [1.29, 1.82) is 0 Å². The number of carboxylic acid groups (broad SMARTS) is 1. The van der Waals surface area contributed by atoms with Crippen molar-refractivity contribution in [1.82, 2.24) is 5.32 Å². The van der Waals surface area contributed by atoms with Crippen LogP contribution >= 0.6 is 11.6 Å².